The van der Waals surface area contributed by atoms with E-state index in [4.69, 9.17) is 0 Å². The second kappa shape index (κ2) is 5.81. The van der Waals surface area contributed by atoms with Crippen molar-refractivity contribution < 1.29 is 8.42 Å². The van der Waals surface area contributed by atoms with E-state index in [2.05, 4.69) is 30.8 Å². The van der Waals surface area contributed by atoms with Gasteiger partial charge in [0.1, 0.15) is 10.0 Å². The Morgan fingerprint density at radius 3 is 2.90 bits per heavy atom. The van der Waals surface area contributed by atoms with Crippen LogP contribution in [0, 0.1) is 0 Å². The molecule has 114 valence electrons. The van der Waals surface area contributed by atoms with Gasteiger partial charge in [0, 0.05) is 36.5 Å². The summed E-state index contributed by atoms with van der Waals surface area (Å²) in [6.07, 6.45) is 3.44. The molecule has 0 radical (unpaired) electrons. The summed E-state index contributed by atoms with van der Waals surface area (Å²) < 4.78 is 28.0. The molecule has 1 aliphatic rings. The van der Waals surface area contributed by atoms with Crippen LogP contribution in [-0.2, 0) is 10.0 Å². The monoisotopic (exact) mass is 390 g/mol. The molecule has 1 atom stereocenters. The van der Waals surface area contributed by atoms with Gasteiger partial charge in [-0.2, -0.15) is 4.31 Å². The van der Waals surface area contributed by atoms with Crippen LogP contribution >= 0.6 is 27.3 Å². The first kappa shape index (κ1) is 15.2. The average Bonchev–Trinajstić information content (AvgIpc) is 3.10. The molecule has 2 aromatic rings. The molecule has 0 spiro atoms. The lowest BCUT2D eigenvalue weighted by molar-refractivity contribution is 0.142. The quantitative estimate of drug-likeness (QED) is 0.868. The Morgan fingerprint density at radius 1 is 1.48 bits per heavy atom. The highest BCUT2D eigenvalue weighted by Crippen LogP contribution is 2.32. The van der Waals surface area contributed by atoms with Crippen molar-refractivity contribution in [1.82, 2.24) is 19.2 Å². The van der Waals surface area contributed by atoms with E-state index in [9.17, 15) is 8.42 Å². The number of likely N-dealkylation sites (N-methyl/N-ethyl adjacent to an activating group) is 1. The number of hydrogen-bond donors (Lipinski definition) is 1. The molecule has 1 saturated heterocycles. The van der Waals surface area contributed by atoms with Crippen LogP contribution in [0.3, 0.4) is 0 Å². The maximum atomic E-state index is 12.7. The van der Waals surface area contributed by atoms with Crippen molar-refractivity contribution >= 4 is 37.3 Å². The van der Waals surface area contributed by atoms with Gasteiger partial charge >= 0.3 is 0 Å². The summed E-state index contributed by atoms with van der Waals surface area (Å²) in [5.74, 6) is 0.794. The summed E-state index contributed by atoms with van der Waals surface area (Å²) in [5.41, 5.74) is 0. The Balaban J connectivity index is 1.89. The topological polar surface area (TPSA) is 69.3 Å². The number of thiophene rings is 1. The Labute approximate surface area is 136 Å². The fourth-order valence-electron chi connectivity index (χ4n) is 2.40. The van der Waals surface area contributed by atoms with Crippen LogP contribution in [0.4, 0.5) is 0 Å². The maximum absolute atomic E-state index is 12.7. The number of nitrogens with one attached hydrogen (secondary N) is 1. The van der Waals surface area contributed by atoms with Crippen LogP contribution in [0.1, 0.15) is 11.9 Å². The molecule has 3 rings (SSSR count). The molecule has 0 aromatic carbocycles. The molecule has 21 heavy (non-hydrogen) atoms. The minimum Gasteiger partial charge on any atom is -0.347 e. The molecule has 0 unspecified atom stereocenters. The molecular weight excluding hydrogens is 376 g/mol. The fraction of sp³-hybridized carbons (Fsp3) is 0.417. The van der Waals surface area contributed by atoms with E-state index in [1.165, 1.54) is 15.6 Å². The van der Waals surface area contributed by atoms with Crippen LogP contribution in [-0.4, -0.2) is 54.3 Å². The second-order valence-electron chi connectivity index (χ2n) is 4.89. The van der Waals surface area contributed by atoms with E-state index in [1.807, 2.05) is 7.05 Å². The zero-order valence-corrected chi connectivity index (χ0v) is 14.6. The molecule has 6 nitrogen and oxygen atoms in total. The van der Waals surface area contributed by atoms with Crippen molar-refractivity contribution in [2.24, 2.45) is 0 Å². The van der Waals surface area contributed by atoms with Crippen molar-refractivity contribution in [3.05, 3.63) is 34.1 Å². The molecule has 2 aromatic heterocycles. The first-order valence-electron chi connectivity index (χ1n) is 6.43. The first-order chi connectivity index (χ1) is 10.00. The number of imidazole rings is 1. The van der Waals surface area contributed by atoms with E-state index in [-0.39, 0.29) is 6.04 Å². The van der Waals surface area contributed by atoms with E-state index in [1.54, 1.807) is 23.8 Å². The van der Waals surface area contributed by atoms with Gasteiger partial charge < -0.3 is 4.98 Å². The van der Waals surface area contributed by atoms with Crippen LogP contribution in [0.2, 0.25) is 0 Å². The fourth-order valence-corrected chi connectivity index (χ4v) is 6.29. The average molecular weight is 391 g/mol. The maximum Gasteiger partial charge on any atom is 0.253 e. The van der Waals surface area contributed by atoms with Crippen LogP contribution < -0.4 is 0 Å². The number of rotatable bonds is 3. The molecule has 0 amide bonds. The highest BCUT2D eigenvalue weighted by Gasteiger charge is 2.35. The summed E-state index contributed by atoms with van der Waals surface area (Å²) in [5, 5.41) is 1.77. The van der Waals surface area contributed by atoms with Crippen molar-refractivity contribution in [2.45, 2.75) is 10.3 Å². The SMILES string of the molecule is CN1CCN(S(=O)(=O)c2sccc2Br)C[C@H]1c1ncc[nH]1. The van der Waals surface area contributed by atoms with E-state index in [0.29, 0.717) is 28.3 Å². The third-order valence-electron chi connectivity index (χ3n) is 3.60. The number of piperazine rings is 1. The highest BCUT2D eigenvalue weighted by molar-refractivity contribution is 9.10. The van der Waals surface area contributed by atoms with Gasteiger partial charge in [-0.05, 0) is 34.4 Å². The number of sulfonamides is 1. The Kier molecular flexibility index (Phi) is 4.19. The standard InChI is InChI=1S/C12H15BrN4O2S2/c1-16-5-6-17(8-10(16)11-14-3-4-15-11)21(18,19)12-9(13)2-7-20-12/h2-4,7,10H,5-6,8H2,1H3,(H,14,15)/t10-/m0/s1. The number of hydrogen-bond acceptors (Lipinski definition) is 5. The molecule has 3 heterocycles. The lowest BCUT2D eigenvalue weighted by Gasteiger charge is -2.37. The van der Waals surface area contributed by atoms with Crippen LogP contribution in [0.5, 0.6) is 0 Å². The summed E-state index contributed by atoms with van der Waals surface area (Å²) in [7, 11) is -1.48. The van der Waals surface area contributed by atoms with Crippen LogP contribution in [0.25, 0.3) is 0 Å². The molecule has 1 N–H and O–H groups in total. The van der Waals surface area contributed by atoms with Crippen molar-refractivity contribution in [1.29, 1.82) is 0 Å². The molecule has 1 aliphatic heterocycles. The lowest BCUT2D eigenvalue weighted by atomic mass is 10.2. The van der Waals surface area contributed by atoms with Crippen LogP contribution in [0.15, 0.2) is 32.5 Å². The predicted octanol–water partition coefficient (Wildman–Crippen LogP) is 1.91. The smallest absolute Gasteiger partial charge is 0.253 e. The van der Waals surface area contributed by atoms with Gasteiger partial charge in [0.05, 0.1) is 6.04 Å². The van der Waals surface area contributed by atoms with Gasteiger partial charge in [-0.3, -0.25) is 4.90 Å². The van der Waals surface area contributed by atoms with Gasteiger partial charge in [-0.1, -0.05) is 0 Å². The zero-order valence-electron chi connectivity index (χ0n) is 11.4. The largest absolute Gasteiger partial charge is 0.347 e. The van der Waals surface area contributed by atoms with Gasteiger partial charge in [0.15, 0.2) is 0 Å². The number of halogens is 1. The molecule has 1 fully saturated rings. The third-order valence-corrected chi connectivity index (χ3v) is 8.12. The predicted molar refractivity (Wildman–Crippen MR) is 84.7 cm³/mol. The highest BCUT2D eigenvalue weighted by atomic mass is 79.9. The third kappa shape index (κ3) is 2.80. The number of aromatic amines is 1. The molecule has 0 saturated carbocycles. The van der Waals surface area contributed by atoms with Crippen molar-refractivity contribution in [2.75, 3.05) is 26.7 Å². The van der Waals surface area contributed by atoms with E-state index < -0.39 is 10.0 Å². The minimum atomic E-state index is -3.46. The van der Waals surface area contributed by atoms with Crippen molar-refractivity contribution in [3.8, 4) is 0 Å². The van der Waals surface area contributed by atoms with Gasteiger partial charge in [0.25, 0.3) is 10.0 Å². The number of nitrogens with zero attached hydrogens (tertiary/aromatic N) is 3. The summed E-state index contributed by atoms with van der Waals surface area (Å²) in [6.45, 7) is 1.56. The molecule has 0 bridgehead atoms. The second-order valence-corrected chi connectivity index (χ2v) is 8.79. The minimum absolute atomic E-state index is 0.0535. The lowest BCUT2D eigenvalue weighted by Crippen LogP contribution is -2.49. The Hall–Kier alpha value is -0.740. The van der Waals surface area contributed by atoms with E-state index >= 15 is 0 Å². The Bertz CT molecular complexity index is 713. The normalized spacial score (nSPS) is 21.7. The number of H-pyrrole nitrogens is 1. The summed E-state index contributed by atoms with van der Waals surface area (Å²) in [4.78, 5) is 9.46. The first-order valence-corrected chi connectivity index (χ1v) is 9.54. The molecular formula is C12H15BrN4O2S2. The molecule has 9 heteroatoms. The summed E-state index contributed by atoms with van der Waals surface area (Å²) >= 11 is 4.55. The summed E-state index contributed by atoms with van der Waals surface area (Å²) in [6, 6.07) is 1.71. The van der Waals surface area contributed by atoms with Crippen molar-refractivity contribution in [3.63, 3.8) is 0 Å². The molecule has 0 aliphatic carbocycles. The number of aromatic nitrogens is 2. The Morgan fingerprint density at radius 2 is 2.29 bits per heavy atom. The zero-order chi connectivity index (χ0) is 15.0. The van der Waals surface area contributed by atoms with Gasteiger partial charge in [-0.15, -0.1) is 11.3 Å². The van der Waals surface area contributed by atoms with Gasteiger partial charge in [0.2, 0.25) is 0 Å². The van der Waals surface area contributed by atoms with Gasteiger partial charge in [-0.25, -0.2) is 13.4 Å². The van der Waals surface area contributed by atoms with E-state index in [0.717, 1.165) is 5.82 Å².